The van der Waals surface area contributed by atoms with Gasteiger partial charge in [-0.05, 0) is 25.1 Å². The average Bonchev–Trinajstić information content (AvgIpc) is 3.22. The van der Waals surface area contributed by atoms with Gasteiger partial charge in [0.2, 0.25) is 0 Å². The number of fused-ring (bicyclic) bond motifs is 1. The normalized spacial score (nSPS) is 10.6. The van der Waals surface area contributed by atoms with E-state index >= 15 is 0 Å². The number of aromatic nitrogens is 2. The smallest absolute Gasteiger partial charge is 0.348 e. The van der Waals surface area contributed by atoms with Crippen molar-refractivity contribution in [2.24, 2.45) is 5.73 Å². The number of hydroxylamine groups is 2. The number of aryl methyl sites for hydroxylation is 1. The highest BCUT2D eigenvalue weighted by Gasteiger charge is 2.18. The third-order valence-corrected chi connectivity index (χ3v) is 4.96. The van der Waals surface area contributed by atoms with Crippen LogP contribution < -0.4 is 11.1 Å². The zero-order valence-corrected chi connectivity index (χ0v) is 16.2. The minimum Gasteiger partial charge on any atom is -0.349 e. The molecule has 0 saturated carbocycles. The number of carbonyl (C=O) groups is 3. The molecule has 2 aromatic heterocycles. The van der Waals surface area contributed by atoms with E-state index in [-0.39, 0.29) is 19.0 Å². The first-order chi connectivity index (χ1) is 13.4. The summed E-state index contributed by atoms with van der Waals surface area (Å²) in [5.41, 5.74) is 6.86. The van der Waals surface area contributed by atoms with Gasteiger partial charge in [0.05, 0.1) is 22.8 Å². The van der Waals surface area contributed by atoms with Crippen LogP contribution in [-0.2, 0) is 9.63 Å². The largest absolute Gasteiger partial charge is 0.349 e. The fourth-order valence-electron chi connectivity index (χ4n) is 2.62. The minimum atomic E-state index is -0.912. The average molecular weight is 401 g/mol. The summed E-state index contributed by atoms with van der Waals surface area (Å²) >= 11 is 1.32. The fourth-order valence-corrected chi connectivity index (χ4v) is 3.72. The number of amides is 3. The standard InChI is InChI=1S/C18H19N5O4S/c1-11-14-10-15(16(25)20-8-9-22(18(19)26)27-12(2)24)28-17(14)23(21-11)13-6-4-3-5-7-13/h3-7,10H,8-9H2,1-2H3,(H2,19,26)(H,20,25). The van der Waals surface area contributed by atoms with Gasteiger partial charge in [0.15, 0.2) is 0 Å². The SMILES string of the molecule is CC(=O)ON(CCNC(=O)c1cc2c(C)nn(-c3ccccc3)c2s1)C(N)=O. The van der Waals surface area contributed by atoms with Gasteiger partial charge < -0.3 is 15.9 Å². The monoisotopic (exact) mass is 401 g/mol. The summed E-state index contributed by atoms with van der Waals surface area (Å²) in [5, 5.41) is 8.83. The summed E-state index contributed by atoms with van der Waals surface area (Å²) in [4.78, 5) is 40.7. The van der Waals surface area contributed by atoms with E-state index in [1.807, 2.05) is 41.9 Å². The van der Waals surface area contributed by atoms with Crippen LogP contribution in [0.15, 0.2) is 36.4 Å². The van der Waals surface area contributed by atoms with Crippen molar-refractivity contribution >= 4 is 39.5 Å². The van der Waals surface area contributed by atoms with E-state index < -0.39 is 12.0 Å². The Balaban J connectivity index is 1.72. The molecular formula is C18H19N5O4S. The first-order valence-electron chi connectivity index (χ1n) is 8.45. The number of hydrogen-bond acceptors (Lipinski definition) is 6. The number of benzene rings is 1. The van der Waals surface area contributed by atoms with Crippen LogP contribution in [0.5, 0.6) is 0 Å². The van der Waals surface area contributed by atoms with Crippen molar-refractivity contribution < 1.29 is 19.2 Å². The second-order valence-electron chi connectivity index (χ2n) is 5.94. The van der Waals surface area contributed by atoms with Crippen molar-refractivity contribution in [2.75, 3.05) is 13.1 Å². The molecule has 0 atom stereocenters. The fraction of sp³-hybridized carbons (Fsp3) is 0.222. The zero-order chi connectivity index (χ0) is 20.3. The van der Waals surface area contributed by atoms with Gasteiger partial charge in [-0.15, -0.1) is 11.3 Å². The van der Waals surface area contributed by atoms with Gasteiger partial charge in [0.25, 0.3) is 5.91 Å². The van der Waals surface area contributed by atoms with Gasteiger partial charge in [-0.2, -0.15) is 10.2 Å². The van der Waals surface area contributed by atoms with E-state index in [1.165, 1.54) is 11.3 Å². The predicted molar refractivity (Wildman–Crippen MR) is 104 cm³/mol. The van der Waals surface area contributed by atoms with Crippen molar-refractivity contribution in [1.82, 2.24) is 20.2 Å². The highest BCUT2D eigenvalue weighted by Crippen LogP contribution is 2.30. The number of primary amides is 1. The maximum Gasteiger partial charge on any atom is 0.348 e. The Morgan fingerprint density at radius 2 is 2.00 bits per heavy atom. The molecule has 3 amide bonds. The van der Waals surface area contributed by atoms with E-state index in [1.54, 1.807) is 6.07 Å². The van der Waals surface area contributed by atoms with Crippen LogP contribution in [0.4, 0.5) is 4.79 Å². The molecule has 0 radical (unpaired) electrons. The van der Waals surface area contributed by atoms with Crippen LogP contribution in [0.25, 0.3) is 15.9 Å². The Labute approximate surface area is 164 Å². The quantitative estimate of drug-likeness (QED) is 0.634. The summed E-state index contributed by atoms with van der Waals surface area (Å²) in [6, 6.07) is 10.5. The third-order valence-electron chi connectivity index (χ3n) is 3.85. The second kappa shape index (κ2) is 8.09. The van der Waals surface area contributed by atoms with Gasteiger partial charge in [0, 0.05) is 18.9 Å². The zero-order valence-electron chi connectivity index (χ0n) is 15.3. The summed E-state index contributed by atoms with van der Waals surface area (Å²) < 4.78 is 1.81. The first kappa shape index (κ1) is 19.4. The third kappa shape index (κ3) is 4.12. The number of rotatable bonds is 5. The number of nitrogens with one attached hydrogen (secondary N) is 1. The molecular weight excluding hydrogens is 382 g/mol. The summed E-state index contributed by atoms with van der Waals surface area (Å²) in [5.74, 6) is -0.969. The van der Waals surface area contributed by atoms with Gasteiger partial charge in [0.1, 0.15) is 4.83 Å². The van der Waals surface area contributed by atoms with Crippen LogP contribution in [0.1, 0.15) is 22.3 Å². The Morgan fingerprint density at radius 1 is 1.29 bits per heavy atom. The lowest BCUT2D eigenvalue weighted by Gasteiger charge is -2.17. The topological polar surface area (TPSA) is 120 Å². The molecule has 9 nitrogen and oxygen atoms in total. The molecule has 0 bridgehead atoms. The van der Waals surface area contributed by atoms with Crippen molar-refractivity contribution in [2.45, 2.75) is 13.8 Å². The van der Waals surface area contributed by atoms with Crippen LogP contribution >= 0.6 is 11.3 Å². The van der Waals surface area contributed by atoms with Gasteiger partial charge >= 0.3 is 12.0 Å². The van der Waals surface area contributed by atoms with Crippen molar-refractivity contribution in [1.29, 1.82) is 0 Å². The van der Waals surface area contributed by atoms with Gasteiger partial charge in [-0.25, -0.2) is 9.48 Å². The van der Waals surface area contributed by atoms with Crippen LogP contribution in [0.3, 0.4) is 0 Å². The maximum atomic E-state index is 12.5. The number of nitrogens with two attached hydrogens (primary N) is 1. The molecule has 0 unspecified atom stereocenters. The number of hydrogen-bond donors (Lipinski definition) is 2. The number of thiophene rings is 1. The van der Waals surface area contributed by atoms with E-state index in [9.17, 15) is 14.4 Å². The second-order valence-corrected chi connectivity index (χ2v) is 6.97. The molecule has 0 aliphatic heterocycles. The van der Waals surface area contributed by atoms with E-state index in [0.29, 0.717) is 9.94 Å². The Morgan fingerprint density at radius 3 is 2.64 bits per heavy atom. The molecule has 3 N–H and O–H groups in total. The minimum absolute atomic E-state index is 0.0532. The molecule has 2 heterocycles. The van der Waals surface area contributed by atoms with Crippen LogP contribution in [0, 0.1) is 6.92 Å². The molecule has 28 heavy (non-hydrogen) atoms. The Hall–Kier alpha value is -3.40. The Kier molecular flexibility index (Phi) is 5.59. The predicted octanol–water partition coefficient (Wildman–Crippen LogP) is 1.98. The van der Waals surface area contributed by atoms with Crippen molar-refractivity contribution in [3.8, 4) is 5.69 Å². The molecule has 3 aromatic rings. The Bertz CT molecular complexity index is 1030. The molecule has 3 rings (SSSR count). The molecule has 0 fully saturated rings. The highest BCUT2D eigenvalue weighted by molar-refractivity contribution is 7.20. The number of nitrogens with zero attached hydrogens (tertiary/aromatic N) is 3. The van der Waals surface area contributed by atoms with Gasteiger partial charge in [-0.1, -0.05) is 18.2 Å². The van der Waals surface area contributed by atoms with E-state index in [4.69, 9.17) is 5.73 Å². The van der Waals surface area contributed by atoms with Crippen LogP contribution in [-0.4, -0.2) is 45.8 Å². The molecule has 0 aliphatic rings. The molecule has 0 saturated heterocycles. The van der Waals surface area contributed by atoms with Crippen molar-refractivity contribution in [3.05, 3.63) is 47.0 Å². The molecule has 146 valence electrons. The van der Waals surface area contributed by atoms with Gasteiger partial charge in [-0.3, -0.25) is 9.59 Å². The van der Waals surface area contributed by atoms with Crippen LogP contribution in [0.2, 0.25) is 0 Å². The summed E-state index contributed by atoms with van der Waals surface area (Å²) in [6.07, 6.45) is 0. The molecule has 1 aromatic carbocycles. The highest BCUT2D eigenvalue weighted by atomic mass is 32.1. The molecule has 0 aliphatic carbocycles. The van der Waals surface area contributed by atoms with E-state index in [2.05, 4.69) is 15.3 Å². The summed E-state index contributed by atoms with van der Waals surface area (Å²) in [7, 11) is 0. The maximum absolute atomic E-state index is 12.5. The molecule has 0 spiro atoms. The first-order valence-corrected chi connectivity index (χ1v) is 9.26. The van der Waals surface area contributed by atoms with Crippen molar-refractivity contribution in [3.63, 3.8) is 0 Å². The van der Waals surface area contributed by atoms with E-state index in [0.717, 1.165) is 28.5 Å². The lowest BCUT2D eigenvalue weighted by Crippen LogP contribution is -2.42. The lowest BCUT2D eigenvalue weighted by molar-refractivity contribution is -0.173. The lowest BCUT2D eigenvalue weighted by atomic mass is 10.3. The number of para-hydroxylation sites is 1. The number of carbonyl (C=O) groups excluding carboxylic acids is 3. The summed E-state index contributed by atoms with van der Waals surface area (Å²) in [6.45, 7) is 3.07. The number of urea groups is 1. The molecule has 10 heteroatoms.